The van der Waals surface area contributed by atoms with Crippen LogP contribution in [0.1, 0.15) is 18.4 Å². The zero-order valence-corrected chi connectivity index (χ0v) is 11.5. The Kier molecular flexibility index (Phi) is 4.29. The van der Waals surface area contributed by atoms with Gasteiger partial charge in [0.15, 0.2) is 0 Å². The second-order valence-corrected chi connectivity index (χ2v) is 6.46. The summed E-state index contributed by atoms with van der Waals surface area (Å²) in [6.07, 6.45) is 1.70. The van der Waals surface area contributed by atoms with Crippen LogP contribution in [-0.2, 0) is 10.8 Å². The van der Waals surface area contributed by atoms with E-state index in [9.17, 15) is 8.60 Å². The summed E-state index contributed by atoms with van der Waals surface area (Å²) in [6, 6.07) is 5.02. The standard InChI is InChI=1S/C12H15FN2OS2/c13-11-7-9(1-2-10(11)12(14)17)15-8-3-5-18(16)6-4-8/h1-2,7-8,15H,3-6H2,(H2,14,17). The van der Waals surface area contributed by atoms with Crippen LogP contribution in [0.3, 0.4) is 0 Å². The molecule has 1 saturated heterocycles. The molecule has 1 aromatic carbocycles. The van der Waals surface area contributed by atoms with E-state index in [4.69, 9.17) is 18.0 Å². The minimum absolute atomic E-state index is 0.0621. The number of anilines is 1. The molecule has 1 aliphatic rings. The van der Waals surface area contributed by atoms with Crippen LogP contribution in [0.25, 0.3) is 0 Å². The van der Waals surface area contributed by atoms with Crippen LogP contribution in [0.15, 0.2) is 18.2 Å². The van der Waals surface area contributed by atoms with E-state index in [2.05, 4.69) is 5.32 Å². The van der Waals surface area contributed by atoms with Crippen LogP contribution >= 0.6 is 12.2 Å². The van der Waals surface area contributed by atoms with Crippen molar-refractivity contribution in [2.75, 3.05) is 16.8 Å². The molecule has 1 heterocycles. The van der Waals surface area contributed by atoms with Gasteiger partial charge in [0.05, 0.1) is 0 Å². The highest BCUT2D eigenvalue weighted by Crippen LogP contribution is 2.19. The number of nitrogens with one attached hydrogen (secondary N) is 1. The first-order chi connectivity index (χ1) is 8.56. The molecule has 1 aromatic rings. The molecule has 3 N–H and O–H groups in total. The topological polar surface area (TPSA) is 55.1 Å². The van der Waals surface area contributed by atoms with E-state index in [1.807, 2.05) is 0 Å². The molecule has 0 aromatic heterocycles. The third kappa shape index (κ3) is 3.26. The summed E-state index contributed by atoms with van der Waals surface area (Å²) in [7, 11) is -0.681. The predicted molar refractivity (Wildman–Crippen MR) is 76.8 cm³/mol. The van der Waals surface area contributed by atoms with E-state index >= 15 is 0 Å². The lowest BCUT2D eigenvalue weighted by Gasteiger charge is -2.23. The molecule has 18 heavy (non-hydrogen) atoms. The Morgan fingerprint density at radius 3 is 2.67 bits per heavy atom. The molecule has 0 aliphatic carbocycles. The maximum absolute atomic E-state index is 13.7. The number of hydrogen-bond acceptors (Lipinski definition) is 3. The lowest BCUT2D eigenvalue weighted by molar-refractivity contribution is 0.616. The molecule has 0 bridgehead atoms. The van der Waals surface area contributed by atoms with Gasteiger partial charge < -0.3 is 11.1 Å². The maximum atomic E-state index is 13.7. The van der Waals surface area contributed by atoms with Crippen LogP contribution in [0.5, 0.6) is 0 Å². The molecule has 3 nitrogen and oxygen atoms in total. The molecule has 0 saturated carbocycles. The number of halogens is 1. The van der Waals surface area contributed by atoms with Crippen molar-refractivity contribution in [2.24, 2.45) is 5.73 Å². The van der Waals surface area contributed by atoms with Crippen LogP contribution < -0.4 is 11.1 Å². The summed E-state index contributed by atoms with van der Waals surface area (Å²) in [6.45, 7) is 0. The molecule has 0 spiro atoms. The van der Waals surface area contributed by atoms with Gasteiger partial charge in [-0.3, -0.25) is 4.21 Å². The first-order valence-corrected chi connectivity index (χ1v) is 7.67. The zero-order chi connectivity index (χ0) is 13.1. The van der Waals surface area contributed by atoms with Gasteiger partial charge in [-0.15, -0.1) is 0 Å². The van der Waals surface area contributed by atoms with E-state index in [1.54, 1.807) is 12.1 Å². The van der Waals surface area contributed by atoms with Crippen molar-refractivity contribution in [1.29, 1.82) is 0 Å². The van der Waals surface area contributed by atoms with Crippen molar-refractivity contribution in [3.8, 4) is 0 Å². The van der Waals surface area contributed by atoms with Crippen molar-refractivity contribution in [3.05, 3.63) is 29.6 Å². The lowest BCUT2D eigenvalue weighted by Crippen LogP contribution is -2.29. The van der Waals surface area contributed by atoms with Gasteiger partial charge in [-0.1, -0.05) is 12.2 Å². The summed E-state index contributed by atoms with van der Waals surface area (Å²) in [5, 5.41) is 3.25. The van der Waals surface area contributed by atoms with Gasteiger partial charge in [0.25, 0.3) is 0 Å². The Hall–Kier alpha value is -1.01. The Morgan fingerprint density at radius 2 is 2.11 bits per heavy atom. The number of nitrogens with two attached hydrogens (primary N) is 1. The van der Waals surface area contributed by atoms with Crippen LogP contribution in [0.4, 0.5) is 10.1 Å². The second kappa shape index (κ2) is 5.75. The molecule has 6 heteroatoms. The van der Waals surface area contributed by atoms with Crippen molar-refractivity contribution in [1.82, 2.24) is 0 Å². The van der Waals surface area contributed by atoms with Crippen LogP contribution in [0.2, 0.25) is 0 Å². The van der Waals surface area contributed by atoms with E-state index in [0.29, 0.717) is 17.2 Å². The maximum Gasteiger partial charge on any atom is 0.135 e. The van der Waals surface area contributed by atoms with Crippen molar-refractivity contribution >= 4 is 33.7 Å². The molecular formula is C12H15FN2OS2. The molecule has 0 atom stereocenters. The Balaban J connectivity index is 2.04. The lowest BCUT2D eigenvalue weighted by atomic mass is 10.1. The smallest absolute Gasteiger partial charge is 0.135 e. The van der Waals surface area contributed by atoms with Gasteiger partial charge in [-0.25, -0.2) is 4.39 Å². The Labute approximate surface area is 113 Å². The normalized spacial score (nSPS) is 23.6. The molecule has 0 amide bonds. The largest absolute Gasteiger partial charge is 0.389 e. The number of hydrogen-bond donors (Lipinski definition) is 2. The van der Waals surface area contributed by atoms with Crippen molar-refractivity contribution in [3.63, 3.8) is 0 Å². The quantitative estimate of drug-likeness (QED) is 0.832. The van der Waals surface area contributed by atoms with E-state index in [-0.39, 0.29) is 16.6 Å². The molecule has 1 aliphatic heterocycles. The van der Waals surface area contributed by atoms with E-state index < -0.39 is 16.6 Å². The molecule has 0 radical (unpaired) electrons. The monoisotopic (exact) mass is 286 g/mol. The summed E-state index contributed by atoms with van der Waals surface area (Å²) >= 11 is 4.75. The third-order valence-electron chi connectivity index (χ3n) is 2.99. The molecule has 1 fully saturated rings. The first-order valence-electron chi connectivity index (χ1n) is 5.77. The molecular weight excluding hydrogens is 271 g/mol. The van der Waals surface area contributed by atoms with Gasteiger partial charge in [0, 0.05) is 39.6 Å². The highest BCUT2D eigenvalue weighted by molar-refractivity contribution is 7.85. The minimum atomic E-state index is -0.681. The van der Waals surface area contributed by atoms with Crippen molar-refractivity contribution < 1.29 is 8.60 Å². The Morgan fingerprint density at radius 1 is 1.44 bits per heavy atom. The highest BCUT2D eigenvalue weighted by atomic mass is 32.2. The van der Waals surface area contributed by atoms with Crippen molar-refractivity contribution in [2.45, 2.75) is 18.9 Å². The minimum Gasteiger partial charge on any atom is -0.389 e. The van der Waals surface area contributed by atoms with Gasteiger partial charge in [-0.05, 0) is 31.0 Å². The van der Waals surface area contributed by atoms with Gasteiger partial charge in [0.2, 0.25) is 0 Å². The van der Waals surface area contributed by atoms with Crippen LogP contribution in [0, 0.1) is 5.82 Å². The predicted octanol–water partition coefficient (Wildman–Crippen LogP) is 1.78. The van der Waals surface area contributed by atoms with Crippen LogP contribution in [-0.4, -0.2) is 26.7 Å². The fraction of sp³-hybridized carbons (Fsp3) is 0.417. The number of rotatable bonds is 3. The first kappa shape index (κ1) is 13.4. The summed E-state index contributed by atoms with van der Waals surface area (Å²) < 4.78 is 24.9. The van der Waals surface area contributed by atoms with E-state index in [0.717, 1.165) is 12.8 Å². The molecule has 2 rings (SSSR count). The number of thiocarbonyl (C=S) groups is 1. The summed E-state index contributed by atoms with van der Waals surface area (Å²) in [5.41, 5.74) is 6.38. The third-order valence-corrected chi connectivity index (χ3v) is 4.60. The second-order valence-electron chi connectivity index (χ2n) is 4.33. The van der Waals surface area contributed by atoms with Gasteiger partial charge >= 0.3 is 0 Å². The average Bonchev–Trinajstić information content (AvgIpc) is 2.32. The summed E-state index contributed by atoms with van der Waals surface area (Å²) in [5.74, 6) is 1.02. The van der Waals surface area contributed by atoms with Gasteiger partial charge in [0.1, 0.15) is 10.8 Å². The highest BCUT2D eigenvalue weighted by Gasteiger charge is 2.17. The molecule has 0 unspecified atom stereocenters. The van der Waals surface area contributed by atoms with E-state index in [1.165, 1.54) is 6.07 Å². The number of benzene rings is 1. The summed E-state index contributed by atoms with van der Waals surface area (Å²) in [4.78, 5) is 0.0621. The molecule has 98 valence electrons. The Bertz CT molecular complexity index is 483. The zero-order valence-electron chi connectivity index (χ0n) is 9.82. The van der Waals surface area contributed by atoms with Gasteiger partial charge in [-0.2, -0.15) is 0 Å². The fourth-order valence-electron chi connectivity index (χ4n) is 1.98. The fourth-order valence-corrected chi connectivity index (χ4v) is 3.44. The average molecular weight is 286 g/mol. The SMILES string of the molecule is NC(=S)c1ccc(NC2CCS(=O)CC2)cc1F.